The van der Waals surface area contributed by atoms with Crippen LogP contribution in [0.5, 0.6) is 5.75 Å². The van der Waals surface area contributed by atoms with E-state index in [2.05, 4.69) is 18.8 Å². The fraction of sp³-hybridized carbons (Fsp3) is 0.357. The smallest absolute Gasteiger partial charge is 0.221 e. The van der Waals surface area contributed by atoms with Crippen LogP contribution < -0.4 is 5.43 Å². The predicted molar refractivity (Wildman–Crippen MR) is 65.4 cm³/mol. The molecule has 2 nitrogen and oxygen atoms in total. The molecule has 1 aromatic rings. The number of unbranched alkanes of at least 4 members (excludes halogenated alkanes) is 3. The van der Waals surface area contributed by atoms with Crippen molar-refractivity contribution in [3.8, 4) is 17.6 Å². The highest BCUT2D eigenvalue weighted by atomic mass is 16.3. The van der Waals surface area contributed by atoms with Crippen LogP contribution in [-0.4, -0.2) is 5.11 Å². The van der Waals surface area contributed by atoms with E-state index in [0.29, 0.717) is 5.56 Å². The Morgan fingerprint density at radius 3 is 2.88 bits per heavy atom. The van der Waals surface area contributed by atoms with Crippen LogP contribution in [-0.2, 0) is 0 Å². The van der Waals surface area contributed by atoms with E-state index in [0.717, 1.165) is 12.8 Å². The Labute approximate surface area is 96.0 Å². The SMILES string of the molecule is CCCCCC#Cc1cccc(O)c(=O)c1. The summed E-state index contributed by atoms with van der Waals surface area (Å²) in [7, 11) is 0. The van der Waals surface area contributed by atoms with Crippen LogP contribution in [0, 0.1) is 11.8 Å². The Kier molecular flexibility index (Phi) is 5.15. The highest BCUT2D eigenvalue weighted by Crippen LogP contribution is 2.01. The van der Waals surface area contributed by atoms with Crippen LogP contribution in [0.1, 0.15) is 38.2 Å². The molecule has 0 saturated carbocycles. The molecule has 0 spiro atoms. The first kappa shape index (κ1) is 12.3. The van der Waals surface area contributed by atoms with Gasteiger partial charge in [-0.2, -0.15) is 0 Å². The summed E-state index contributed by atoms with van der Waals surface area (Å²) in [5.74, 6) is 5.72. The summed E-state index contributed by atoms with van der Waals surface area (Å²) in [5.41, 5.74) is 0.268. The zero-order valence-corrected chi connectivity index (χ0v) is 9.49. The van der Waals surface area contributed by atoms with Gasteiger partial charge in [-0.1, -0.05) is 37.7 Å². The minimum Gasteiger partial charge on any atom is -0.504 e. The first-order chi connectivity index (χ1) is 7.74. The minimum absolute atomic E-state index is 0.237. The molecule has 0 saturated heterocycles. The second kappa shape index (κ2) is 6.68. The summed E-state index contributed by atoms with van der Waals surface area (Å²) in [5, 5.41) is 9.18. The molecule has 16 heavy (non-hydrogen) atoms. The van der Waals surface area contributed by atoms with Crippen molar-refractivity contribution in [3.05, 3.63) is 40.1 Å². The number of rotatable bonds is 3. The van der Waals surface area contributed by atoms with Gasteiger partial charge in [0.1, 0.15) is 0 Å². The first-order valence-corrected chi connectivity index (χ1v) is 5.56. The second-order valence-corrected chi connectivity index (χ2v) is 3.63. The van der Waals surface area contributed by atoms with E-state index in [-0.39, 0.29) is 11.2 Å². The monoisotopic (exact) mass is 216 g/mol. The molecule has 84 valence electrons. The fourth-order valence-corrected chi connectivity index (χ4v) is 1.29. The Hall–Kier alpha value is -1.75. The molecule has 0 aliphatic carbocycles. The lowest BCUT2D eigenvalue weighted by atomic mass is 10.2. The molecule has 0 aromatic heterocycles. The summed E-state index contributed by atoms with van der Waals surface area (Å²) < 4.78 is 0. The third-order valence-corrected chi connectivity index (χ3v) is 2.21. The summed E-state index contributed by atoms with van der Waals surface area (Å²) >= 11 is 0. The van der Waals surface area contributed by atoms with Gasteiger partial charge in [0.25, 0.3) is 0 Å². The molecule has 1 N–H and O–H groups in total. The molecule has 1 aromatic carbocycles. The fourth-order valence-electron chi connectivity index (χ4n) is 1.29. The Morgan fingerprint density at radius 2 is 2.12 bits per heavy atom. The van der Waals surface area contributed by atoms with E-state index >= 15 is 0 Å². The highest BCUT2D eigenvalue weighted by Gasteiger charge is 1.92. The lowest BCUT2D eigenvalue weighted by molar-refractivity contribution is 0.471. The van der Waals surface area contributed by atoms with Crippen molar-refractivity contribution in [1.29, 1.82) is 0 Å². The van der Waals surface area contributed by atoms with Crippen molar-refractivity contribution in [3.63, 3.8) is 0 Å². The molecule has 0 aliphatic heterocycles. The van der Waals surface area contributed by atoms with Gasteiger partial charge in [0, 0.05) is 18.1 Å². The molecule has 0 fully saturated rings. The van der Waals surface area contributed by atoms with Crippen molar-refractivity contribution in [2.45, 2.75) is 32.6 Å². The van der Waals surface area contributed by atoms with Crippen molar-refractivity contribution >= 4 is 0 Å². The van der Waals surface area contributed by atoms with Crippen LogP contribution in [0.3, 0.4) is 0 Å². The van der Waals surface area contributed by atoms with Crippen LogP contribution in [0.15, 0.2) is 29.1 Å². The zero-order chi connectivity index (χ0) is 11.8. The molecule has 1 rings (SSSR count). The Morgan fingerprint density at radius 1 is 1.31 bits per heavy atom. The average molecular weight is 216 g/mol. The third kappa shape index (κ3) is 4.18. The number of hydrogen-bond donors (Lipinski definition) is 1. The molecule has 0 radical (unpaired) electrons. The van der Waals surface area contributed by atoms with Gasteiger partial charge in [-0.15, -0.1) is 0 Å². The average Bonchev–Trinajstić information content (AvgIpc) is 2.42. The largest absolute Gasteiger partial charge is 0.504 e. The van der Waals surface area contributed by atoms with Crippen molar-refractivity contribution in [1.82, 2.24) is 0 Å². The van der Waals surface area contributed by atoms with Gasteiger partial charge in [0.2, 0.25) is 5.43 Å². The van der Waals surface area contributed by atoms with E-state index < -0.39 is 0 Å². The van der Waals surface area contributed by atoms with Crippen molar-refractivity contribution in [2.24, 2.45) is 0 Å². The van der Waals surface area contributed by atoms with Gasteiger partial charge in [0.05, 0.1) is 0 Å². The number of aromatic hydroxyl groups is 1. The summed E-state index contributed by atoms with van der Waals surface area (Å²) in [6.07, 6.45) is 4.32. The minimum atomic E-state index is -0.386. The van der Waals surface area contributed by atoms with Crippen LogP contribution >= 0.6 is 0 Å². The zero-order valence-electron chi connectivity index (χ0n) is 9.49. The summed E-state index contributed by atoms with van der Waals surface area (Å²) in [6.45, 7) is 2.15. The van der Waals surface area contributed by atoms with Gasteiger partial charge < -0.3 is 5.11 Å². The van der Waals surface area contributed by atoms with Crippen LogP contribution in [0.2, 0.25) is 0 Å². The van der Waals surface area contributed by atoms with Gasteiger partial charge in [0.15, 0.2) is 5.75 Å². The molecule has 0 atom stereocenters. The van der Waals surface area contributed by atoms with Gasteiger partial charge in [-0.25, -0.2) is 0 Å². The van der Waals surface area contributed by atoms with E-state index in [1.165, 1.54) is 25.0 Å². The van der Waals surface area contributed by atoms with Gasteiger partial charge in [-0.05, 0) is 18.6 Å². The van der Waals surface area contributed by atoms with E-state index in [9.17, 15) is 9.90 Å². The van der Waals surface area contributed by atoms with Crippen LogP contribution in [0.4, 0.5) is 0 Å². The summed E-state index contributed by atoms with van der Waals surface area (Å²) in [4.78, 5) is 11.3. The molecule has 0 aliphatic rings. The van der Waals surface area contributed by atoms with Crippen molar-refractivity contribution < 1.29 is 5.11 Å². The maximum atomic E-state index is 11.3. The van der Waals surface area contributed by atoms with E-state index in [1.807, 2.05) is 0 Å². The Bertz CT molecular complexity index is 452. The topological polar surface area (TPSA) is 37.3 Å². The molecular weight excluding hydrogens is 200 g/mol. The summed E-state index contributed by atoms with van der Waals surface area (Å²) in [6, 6.07) is 6.10. The predicted octanol–water partition coefficient (Wildman–Crippen LogP) is 2.68. The molecule has 0 amide bonds. The molecular formula is C14H16O2. The van der Waals surface area contributed by atoms with Crippen LogP contribution in [0.25, 0.3) is 0 Å². The van der Waals surface area contributed by atoms with E-state index in [1.54, 1.807) is 12.1 Å². The molecule has 0 heterocycles. The first-order valence-electron chi connectivity index (χ1n) is 5.56. The maximum absolute atomic E-state index is 11.3. The van der Waals surface area contributed by atoms with Gasteiger partial charge in [-0.3, -0.25) is 4.79 Å². The molecule has 0 bridgehead atoms. The van der Waals surface area contributed by atoms with E-state index in [4.69, 9.17) is 0 Å². The lowest BCUT2D eigenvalue weighted by Gasteiger charge is -1.88. The second-order valence-electron chi connectivity index (χ2n) is 3.63. The Balaban J connectivity index is 2.71. The standard InChI is InChI=1S/C14H16O2/c1-2-3-4-5-6-8-12-9-7-10-13(15)14(16)11-12/h7,9-11H,2-5H2,1H3,(H,15,16). The molecule has 0 unspecified atom stereocenters. The van der Waals surface area contributed by atoms with Gasteiger partial charge >= 0.3 is 0 Å². The normalized spacial score (nSPS) is 9.31. The lowest BCUT2D eigenvalue weighted by Crippen LogP contribution is -1.93. The maximum Gasteiger partial charge on any atom is 0.221 e. The van der Waals surface area contributed by atoms with Crippen molar-refractivity contribution in [2.75, 3.05) is 0 Å². The number of hydrogen-bond acceptors (Lipinski definition) is 2. The third-order valence-electron chi connectivity index (χ3n) is 2.21. The quantitative estimate of drug-likeness (QED) is 0.623. The molecule has 2 heteroatoms. The highest BCUT2D eigenvalue weighted by molar-refractivity contribution is 5.35.